The summed E-state index contributed by atoms with van der Waals surface area (Å²) in [5.41, 5.74) is 4.18. The molecule has 1 aliphatic heterocycles. The number of nitrogens with one attached hydrogen (secondary N) is 1. The van der Waals surface area contributed by atoms with Crippen LogP contribution in [0.3, 0.4) is 0 Å². The average molecular weight is 347 g/mol. The van der Waals surface area contributed by atoms with Gasteiger partial charge in [0.15, 0.2) is 0 Å². The largest absolute Gasteiger partial charge is 0.378 e. The average Bonchev–Trinajstić information content (AvgIpc) is 3.22. The highest BCUT2D eigenvalue weighted by Gasteiger charge is 2.38. The zero-order valence-corrected chi connectivity index (χ0v) is 15.1. The summed E-state index contributed by atoms with van der Waals surface area (Å²) in [7, 11) is 0. The number of rotatable bonds is 1. The highest BCUT2D eigenvalue weighted by molar-refractivity contribution is 6.03. The Morgan fingerprint density at radius 1 is 0.741 bits per heavy atom. The summed E-state index contributed by atoms with van der Waals surface area (Å²) in [6.45, 7) is 0. The molecule has 0 spiro atoms. The number of allylic oxidation sites excluding steroid dienone is 2. The molecule has 1 nitrogen and oxygen atoms in total. The minimum Gasteiger partial charge on any atom is -0.378 e. The van der Waals surface area contributed by atoms with Gasteiger partial charge in [0.2, 0.25) is 0 Å². The second-order valence-electron chi connectivity index (χ2n) is 7.80. The predicted molar refractivity (Wildman–Crippen MR) is 114 cm³/mol. The molecule has 4 aromatic carbocycles. The molecule has 1 aliphatic carbocycles. The van der Waals surface area contributed by atoms with Crippen LogP contribution in [-0.4, -0.2) is 0 Å². The summed E-state index contributed by atoms with van der Waals surface area (Å²) in [6, 6.07) is 29.2. The van der Waals surface area contributed by atoms with E-state index in [9.17, 15) is 0 Å². The SMILES string of the molecule is C1=C[C@H]2c3ccccc3N[C@@H](c3c4ccccc4cc4ccccc34)[C@H]2C1. The molecule has 0 saturated heterocycles. The Labute approximate surface area is 159 Å². The number of hydrogen-bond acceptors (Lipinski definition) is 1. The van der Waals surface area contributed by atoms with E-state index in [0.717, 1.165) is 6.42 Å². The summed E-state index contributed by atoms with van der Waals surface area (Å²) in [6.07, 6.45) is 5.93. The first-order valence-electron chi connectivity index (χ1n) is 9.83. The molecule has 0 saturated carbocycles. The molecular formula is C26H21N. The first-order valence-corrected chi connectivity index (χ1v) is 9.83. The van der Waals surface area contributed by atoms with Crippen LogP contribution in [0.1, 0.15) is 29.5 Å². The minimum absolute atomic E-state index is 0.316. The van der Waals surface area contributed by atoms with Crippen molar-refractivity contribution < 1.29 is 0 Å². The summed E-state index contributed by atoms with van der Waals surface area (Å²) in [5, 5.41) is 9.33. The number of benzene rings is 4. The molecule has 0 aromatic heterocycles. The number of para-hydroxylation sites is 1. The van der Waals surface area contributed by atoms with E-state index in [0.29, 0.717) is 17.9 Å². The van der Waals surface area contributed by atoms with E-state index in [1.807, 2.05) is 0 Å². The normalized spacial score (nSPS) is 23.2. The van der Waals surface area contributed by atoms with Crippen molar-refractivity contribution in [3.8, 4) is 0 Å². The summed E-state index contributed by atoms with van der Waals surface area (Å²) in [4.78, 5) is 0. The van der Waals surface area contributed by atoms with Crippen molar-refractivity contribution in [3.05, 3.63) is 102 Å². The van der Waals surface area contributed by atoms with Crippen LogP contribution >= 0.6 is 0 Å². The van der Waals surface area contributed by atoms with Crippen LogP contribution < -0.4 is 5.32 Å². The summed E-state index contributed by atoms with van der Waals surface area (Å²) >= 11 is 0. The first-order chi connectivity index (χ1) is 13.4. The summed E-state index contributed by atoms with van der Waals surface area (Å²) < 4.78 is 0. The smallest absolute Gasteiger partial charge is 0.0566 e. The molecule has 130 valence electrons. The van der Waals surface area contributed by atoms with Crippen molar-refractivity contribution in [3.63, 3.8) is 0 Å². The number of anilines is 1. The van der Waals surface area contributed by atoms with Gasteiger partial charge in [-0.05, 0) is 57.1 Å². The zero-order valence-electron chi connectivity index (χ0n) is 15.1. The van der Waals surface area contributed by atoms with Crippen molar-refractivity contribution in [1.82, 2.24) is 0 Å². The lowest BCUT2D eigenvalue weighted by molar-refractivity contribution is 0.429. The molecule has 0 radical (unpaired) electrons. The van der Waals surface area contributed by atoms with Crippen LogP contribution in [0.4, 0.5) is 5.69 Å². The Kier molecular flexibility index (Phi) is 3.19. The van der Waals surface area contributed by atoms with Crippen LogP contribution in [0.5, 0.6) is 0 Å². The Morgan fingerprint density at radius 2 is 1.41 bits per heavy atom. The Morgan fingerprint density at radius 3 is 2.19 bits per heavy atom. The fourth-order valence-corrected chi connectivity index (χ4v) is 5.21. The monoisotopic (exact) mass is 347 g/mol. The maximum absolute atomic E-state index is 3.93. The van der Waals surface area contributed by atoms with Crippen LogP contribution in [0.15, 0.2) is 91.0 Å². The van der Waals surface area contributed by atoms with Crippen molar-refractivity contribution in [1.29, 1.82) is 0 Å². The second-order valence-corrected chi connectivity index (χ2v) is 7.80. The molecule has 6 rings (SSSR count). The minimum atomic E-state index is 0.316. The van der Waals surface area contributed by atoms with Crippen LogP contribution in [-0.2, 0) is 0 Å². The lowest BCUT2D eigenvalue weighted by Crippen LogP contribution is -2.29. The molecule has 0 amide bonds. The fraction of sp³-hybridized carbons (Fsp3) is 0.154. The van der Waals surface area contributed by atoms with Gasteiger partial charge in [-0.2, -0.15) is 0 Å². The third-order valence-corrected chi connectivity index (χ3v) is 6.40. The number of fused-ring (bicyclic) bond motifs is 5. The van der Waals surface area contributed by atoms with Gasteiger partial charge in [0, 0.05) is 11.6 Å². The molecule has 0 bridgehead atoms. The standard InChI is InChI=1S/C26H21N/c1-3-10-19-17(8-1)16-18-9-2-4-11-20(18)25(19)26-23-14-7-13-21(23)22-12-5-6-15-24(22)27-26/h1-13,15-16,21,23,26-27H,14H2/t21-,23-,26+/m0/s1. The molecule has 1 heteroatoms. The lowest BCUT2D eigenvalue weighted by atomic mass is 9.75. The third-order valence-electron chi connectivity index (χ3n) is 6.40. The molecule has 3 atom stereocenters. The third kappa shape index (κ3) is 2.18. The zero-order chi connectivity index (χ0) is 17.8. The van der Waals surface area contributed by atoms with Gasteiger partial charge in [-0.25, -0.2) is 0 Å². The molecule has 27 heavy (non-hydrogen) atoms. The van der Waals surface area contributed by atoms with E-state index in [-0.39, 0.29) is 0 Å². The van der Waals surface area contributed by atoms with Gasteiger partial charge in [-0.1, -0.05) is 78.9 Å². The second kappa shape index (κ2) is 5.72. The topological polar surface area (TPSA) is 12.0 Å². The number of hydrogen-bond donors (Lipinski definition) is 1. The predicted octanol–water partition coefficient (Wildman–Crippen LogP) is 6.82. The Hall–Kier alpha value is -3.06. The van der Waals surface area contributed by atoms with Crippen LogP contribution in [0.2, 0.25) is 0 Å². The van der Waals surface area contributed by atoms with Gasteiger partial charge in [0.25, 0.3) is 0 Å². The van der Waals surface area contributed by atoms with Crippen molar-refractivity contribution in [2.24, 2.45) is 5.92 Å². The highest BCUT2D eigenvalue weighted by Crippen LogP contribution is 2.51. The molecule has 0 fully saturated rings. The van der Waals surface area contributed by atoms with Gasteiger partial charge in [0.05, 0.1) is 6.04 Å². The fourth-order valence-electron chi connectivity index (χ4n) is 5.21. The lowest BCUT2D eigenvalue weighted by Gasteiger charge is -2.38. The van der Waals surface area contributed by atoms with Crippen molar-refractivity contribution in [2.75, 3.05) is 5.32 Å². The van der Waals surface area contributed by atoms with E-state index < -0.39 is 0 Å². The van der Waals surface area contributed by atoms with E-state index >= 15 is 0 Å². The maximum Gasteiger partial charge on any atom is 0.0566 e. The first kappa shape index (κ1) is 15.0. The molecule has 4 aromatic rings. The Bertz CT molecular complexity index is 1150. The van der Waals surface area contributed by atoms with Gasteiger partial charge in [0.1, 0.15) is 0 Å². The van der Waals surface area contributed by atoms with Gasteiger partial charge < -0.3 is 5.32 Å². The highest BCUT2D eigenvalue weighted by atomic mass is 15.0. The van der Waals surface area contributed by atoms with Gasteiger partial charge in [-0.3, -0.25) is 0 Å². The van der Waals surface area contributed by atoms with E-state index in [2.05, 4.69) is 96.3 Å². The van der Waals surface area contributed by atoms with E-state index in [1.54, 1.807) is 0 Å². The van der Waals surface area contributed by atoms with Crippen LogP contribution in [0.25, 0.3) is 21.5 Å². The summed E-state index contributed by atoms with van der Waals surface area (Å²) in [5.74, 6) is 1.07. The Balaban J connectivity index is 1.65. The molecule has 0 unspecified atom stereocenters. The molecular weight excluding hydrogens is 326 g/mol. The molecule has 1 heterocycles. The quantitative estimate of drug-likeness (QED) is 0.294. The molecule has 1 N–H and O–H groups in total. The van der Waals surface area contributed by atoms with Crippen molar-refractivity contribution in [2.45, 2.75) is 18.4 Å². The maximum atomic E-state index is 3.93. The van der Waals surface area contributed by atoms with E-state index in [1.165, 1.54) is 38.4 Å². The molecule has 2 aliphatic rings. The van der Waals surface area contributed by atoms with Gasteiger partial charge in [-0.15, -0.1) is 0 Å². The van der Waals surface area contributed by atoms with Crippen LogP contribution in [0, 0.1) is 5.92 Å². The van der Waals surface area contributed by atoms with E-state index in [4.69, 9.17) is 0 Å². The van der Waals surface area contributed by atoms with Crippen molar-refractivity contribution >= 4 is 27.2 Å². The van der Waals surface area contributed by atoms with Gasteiger partial charge >= 0.3 is 0 Å².